The SMILES string of the molecule is C=C(C)C(=O)NCCCOc1ccccc1. The van der Waals surface area contributed by atoms with Gasteiger partial charge < -0.3 is 10.1 Å². The maximum atomic E-state index is 11.1. The number of nitrogens with one attached hydrogen (secondary N) is 1. The van der Waals surface area contributed by atoms with E-state index in [-0.39, 0.29) is 5.91 Å². The van der Waals surface area contributed by atoms with Crippen LogP contribution in [0.3, 0.4) is 0 Å². The number of hydrogen-bond acceptors (Lipinski definition) is 2. The van der Waals surface area contributed by atoms with Gasteiger partial charge in [0.05, 0.1) is 6.61 Å². The van der Waals surface area contributed by atoms with Gasteiger partial charge >= 0.3 is 0 Å². The lowest BCUT2D eigenvalue weighted by Gasteiger charge is -2.06. The van der Waals surface area contributed by atoms with Gasteiger partial charge in [-0.3, -0.25) is 4.79 Å². The molecule has 0 aromatic heterocycles. The van der Waals surface area contributed by atoms with Crippen LogP contribution in [0.2, 0.25) is 0 Å². The molecule has 3 heteroatoms. The van der Waals surface area contributed by atoms with Crippen LogP contribution in [0.25, 0.3) is 0 Å². The summed E-state index contributed by atoms with van der Waals surface area (Å²) in [7, 11) is 0. The van der Waals surface area contributed by atoms with E-state index in [1.165, 1.54) is 0 Å². The van der Waals surface area contributed by atoms with Crippen molar-refractivity contribution in [2.45, 2.75) is 13.3 Å². The second kappa shape index (κ2) is 6.67. The Bertz CT molecular complexity index is 346. The molecule has 0 heterocycles. The van der Waals surface area contributed by atoms with Gasteiger partial charge in [0.1, 0.15) is 5.75 Å². The number of hydrogen-bond donors (Lipinski definition) is 1. The minimum Gasteiger partial charge on any atom is -0.494 e. The van der Waals surface area contributed by atoms with Gasteiger partial charge in [0.2, 0.25) is 5.91 Å². The second-order valence-corrected chi connectivity index (χ2v) is 3.55. The van der Waals surface area contributed by atoms with Crippen LogP contribution in [0.5, 0.6) is 5.75 Å². The maximum Gasteiger partial charge on any atom is 0.246 e. The quantitative estimate of drug-likeness (QED) is 0.588. The smallest absolute Gasteiger partial charge is 0.246 e. The van der Waals surface area contributed by atoms with E-state index < -0.39 is 0 Å². The molecule has 0 aliphatic carbocycles. The normalized spacial score (nSPS) is 9.56. The van der Waals surface area contributed by atoms with Crippen molar-refractivity contribution in [3.05, 3.63) is 42.5 Å². The van der Waals surface area contributed by atoms with Crippen molar-refractivity contribution >= 4 is 5.91 Å². The van der Waals surface area contributed by atoms with E-state index in [4.69, 9.17) is 4.74 Å². The first kappa shape index (κ1) is 12.3. The lowest BCUT2D eigenvalue weighted by molar-refractivity contribution is -0.117. The molecule has 0 saturated heterocycles. The molecule has 1 amide bonds. The molecule has 0 fully saturated rings. The van der Waals surface area contributed by atoms with Crippen molar-refractivity contribution in [2.75, 3.05) is 13.2 Å². The molecule has 0 atom stereocenters. The van der Waals surface area contributed by atoms with E-state index in [2.05, 4.69) is 11.9 Å². The van der Waals surface area contributed by atoms with E-state index in [0.717, 1.165) is 12.2 Å². The fraction of sp³-hybridized carbons (Fsp3) is 0.308. The van der Waals surface area contributed by atoms with Gasteiger partial charge in [0.15, 0.2) is 0 Å². The van der Waals surface area contributed by atoms with E-state index in [1.807, 2.05) is 30.3 Å². The molecule has 1 rings (SSSR count). The maximum absolute atomic E-state index is 11.1. The van der Waals surface area contributed by atoms with Gasteiger partial charge in [-0.25, -0.2) is 0 Å². The van der Waals surface area contributed by atoms with Crippen molar-refractivity contribution in [1.29, 1.82) is 0 Å². The monoisotopic (exact) mass is 219 g/mol. The number of carbonyl (C=O) groups excluding carboxylic acids is 1. The summed E-state index contributed by atoms with van der Waals surface area (Å²) in [5.41, 5.74) is 0.531. The number of ether oxygens (including phenoxy) is 1. The molecule has 1 aromatic carbocycles. The topological polar surface area (TPSA) is 38.3 Å². The summed E-state index contributed by atoms with van der Waals surface area (Å²) in [4.78, 5) is 11.1. The fourth-order valence-corrected chi connectivity index (χ4v) is 1.13. The lowest BCUT2D eigenvalue weighted by Crippen LogP contribution is -2.25. The minimum absolute atomic E-state index is 0.0975. The molecule has 86 valence electrons. The standard InChI is InChI=1S/C13H17NO2/c1-11(2)13(15)14-9-6-10-16-12-7-4-3-5-8-12/h3-5,7-8H,1,6,9-10H2,2H3,(H,14,15). The number of benzene rings is 1. The number of rotatable bonds is 6. The Kier molecular flexibility index (Phi) is 5.12. The highest BCUT2D eigenvalue weighted by atomic mass is 16.5. The van der Waals surface area contributed by atoms with Crippen LogP contribution in [0.15, 0.2) is 42.5 Å². The highest BCUT2D eigenvalue weighted by Crippen LogP contribution is 2.07. The van der Waals surface area contributed by atoms with Crippen LogP contribution >= 0.6 is 0 Å². The third kappa shape index (κ3) is 4.64. The molecule has 0 aliphatic rings. The van der Waals surface area contributed by atoms with Gasteiger partial charge in [0.25, 0.3) is 0 Å². The zero-order valence-electron chi connectivity index (χ0n) is 9.53. The summed E-state index contributed by atoms with van der Waals surface area (Å²) in [6.07, 6.45) is 0.786. The van der Waals surface area contributed by atoms with Gasteiger partial charge in [-0.2, -0.15) is 0 Å². The highest BCUT2D eigenvalue weighted by Gasteiger charge is 1.99. The van der Waals surface area contributed by atoms with Crippen molar-refractivity contribution < 1.29 is 9.53 Å². The summed E-state index contributed by atoms with van der Waals surface area (Å²) < 4.78 is 5.47. The lowest BCUT2D eigenvalue weighted by atomic mass is 10.3. The Morgan fingerprint density at radius 1 is 1.38 bits per heavy atom. The van der Waals surface area contributed by atoms with Crippen molar-refractivity contribution in [3.63, 3.8) is 0 Å². The van der Waals surface area contributed by atoms with Gasteiger partial charge in [-0.05, 0) is 25.5 Å². The second-order valence-electron chi connectivity index (χ2n) is 3.55. The predicted octanol–water partition coefficient (Wildman–Crippen LogP) is 2.15. The summed E-state index contributed by atoms with van der Waals surface area (Å²) in [5.74, 6) is 0.758. The van der Waals surface area contributed by atoms with Crippen LogP contribution in [0.1, 0.15) is 13.3 Å². The first-order valence-corrected chi connectivity index (χ1v) is 5.31. The van der Waals surface area contributed by atoms with E-state index in [0.29, 0.717) is 18.7 Å². The third-order valence-electron chi connectivity index (χ3n) is 2.01. The molecule has 0 unspecified atom stereocenters. The molecule has 1 N–H and O–H groups in total. The Hall–Kier alpha value is -1.77. The number of carbonyl (C=O) groups is 1. The van der Waals surface area contributed by atoms with E-state index in [1.54, 1.807) is 6.92 Å². The summed E-state index contributed by atoms with van der Waals surface area (Å²) in [6, 6.07) is 9.62. The Labute approximate surface area is 96.1 Å². The first-order valence-electron chi connectivity index (χ1n) is 5.31. The number of para-hydroxylation sites is 1. The van der Waals surface area contributed by atoms with Gasteiger partial charge in [0, 0.05) is 12.1 Å². The zero-order valence-corrected chi connectivity index (χ0v) is 9.53. The Morgan fingerprint density at radius 3 is 2.69 bits per heavy atom. The Morgan fingerprint density at radius 2 is 2.06 bits per heavy atom. The fourth-order valence-electron chi connectivity index (χ4n) is 1.13. The van der Waals surface area contributed by atoms with Crippen LogP contribution in [-0.4, -0.2) is 19.1 Å². The average Bonchev–Trinajstić information content (AvgIpc) is 2.29. The molecule has 0 spiro atoms. The summed E-state index contributed by atoms with van der Waals surface area (Å²) >= 11 is 0. The van der Waals surface area contributed by atoms with Gasteiger partial charge in [-0.15, -0.1) is 0 Å². The van der Waals surface area contributed by atoms with Gasteiger partial charge in [-0.1, -0.05) is 24.8 Å². The van der Waals surface area contributed by atoms with E-state index >= 15 is 0 Å². The molecule has 16 heavy (non-hydrogen) atoms. The molecule has 0 aliphatic heterocycles. The van der Waals surface area contributed by atoms with Crippen LogP contribution < -0.4 is 10.1 Å². The molecular weight excluding hydrogens is 202 g/mol. The zero-order chi connectivity index (χ0) is 11.8. The minimum atomic E-state index is -0.0975. The predicted molar refractivity (Wildman–Crippen MR) is 64.4 cm³/mol. The van der Waals surface area contributed by atoms with Crippen molar-refractivity contribution in [1.82, 2.24) is 5.32 Å². The largest absolute Gasteiger partial charge is 0.494 e. The molecule has 0 radical (unpaired) electrons. The average molecular weight is 219 g/mol. The molecular formula is C13H17NO2. The summed E-state index contributed by atoms with van der Waals surface area (Å²) in [6.45, 7) is 6.46. The van der Waals surface area contributed by atoms with Crippen LogP contribution in [0.4, 0.5) is 0 Å². The van der Waals surface area contributed by atoms with Crippen LogP contribution in [-0.2, 0) is 4.79 Å². The molecule has 1 aromatic rings. The van der Waals surface area contributed by atoms with Crippen LogP contribution in [0, 0.1) is 0 Å². The molecule has 0 bridgehead atoms. The third-order valence-corrected chi connectivity index (χ3v) is 2.01. The molecule has 3 nitrogen and oxygen atoms in total. The Balaban J connectivity index is 2.09. The van der Waals surface area contributed by atoms with Crippen molar-refractivity contribution in [2.24, 2.45) is 0 Å². The highest BCUT2D eigenvalue weighted by molar-refractivity contribution is 5.91. The van der Waals surface area contributed by atoms with E-state index in [9.17, 15) is 4.79 Å². The molecule has 0 saturated carbocycles. The summed E-state index contributed by atoms with van der Waals surface area (Å²) in [5, 5.41) is 2.75. The number of amides is 1. The van der Waals surface area contributed by atoms with Crippen molar-refractivity contribution in [3.8, 4) is 5.75 Å². The first-order chi connectivity index (χ1) is 7.70.